The minimum atomic E-state index is -4.57. The van der Waals surface area contributed by atoms with E-state index >= 15 is 0 Å². The van der Waals surface area contributed by atoms with Gasteiger partial charge in [-0.3, -0.25) is 15.0 Å². The Bertz CT molecular complexity index is 138. The maximum Gasteiger partial charge on any atom is 0.524 e. The first-order valence-electron chi connectivity index (χ1n) is 3.00. The highest BCUT2D eigenvalue weighted by atomic mass is 19.4. The van der Waals surface area contributed by atoms with Crippen molar-refractivity contribution >= 4 is 0 Å². The van der Waals surface area contributed by atoms with Crippen LogP contribution in [0.25, 0.3) is 0 Å². The fourth-order valence-corrected chi connectivity index (χ4v) is 0.776. The molecule has 1 heterocycles. The average Bonchev–Trinajstić information content (AvgIpc) is 2.12. The van der Waals surface area contributed by atoms with Gasteiger partial charge in [0.1, 0.15) is 6.23 Å². The highest BCUT2D eigenvalue weighted by Gasteiger charge is 2.36. The summed E-state index contributed by atoms with van der Waals surface area (Å²) in [5, 5.41) is 2.62. The van der Waals surface area contributed by atoms with Gasteiger partial charge in [-0.15, -0.1) is 13.2 Å². The molecule has 1 radical (unpaired) electrons. The van der Waals surface area contributed by atoms with Crippen LogP contribution in [0.4, 0.5) is 13.2 Å². The van der Waals surface area contributed by atoms with E-state index in [1.165, 1.54) is 18.5 Å². The first-order valence-corrected chi connectivity index (χ1v) is 3.00. The van der Waals surface area contributed by atoms with Gasteiger partial charge in [-0.05, 0) is 7.05 Å². The number of nitrogens with zero attached hydrogens (tertiary/aromatic N) is 1. The molecule has 0 saturated carbocycles. The summed E-state index contributed by atoms with van der Waals surface area (Å²) in [6.07, 6.45) is -5.57. The molecule has 11 heavy (non-hydrogen) atoms. The van der Waals surface area contributed by atoms with Crippen LogP contribution in [0.15, 0.2) is 0 Å². The molecule has 0 spiro atoms. The molecule has 0 aliphatic carbocycles. The molecule has 0 aromatic heterocycles. The fraction of sp³-hybridized carbons (Fsp3) is 0.800. The van der Waals surface area contributed by atoms with E-state index in [9.17, 15) is 13.2 Å². The third kappa shape index (κ3) is 2.64. The van der Waals surface area contributed by atoms with E-state index < -0.39 is 12.6 Å². The van der Waals surface area contributed by atoms with E-state index in [0.29, 0.717) is 6.67 Å². The van der Waals surface area contributed by atoms with Gasteiger partial charge in [-0.1, -0.05) is 0 Å². The van der Waals surface area contributed by atoms with Crippen LogP contribution < -0.4 is 5.32 Å². The van der Waals surface area contributed by atoms with Crippen LogP contribution >= 0.6 is 0 Å². The lowest BCUT2D eigenvalue weighted by molar-refractivity contribution is -0.350. The van der Waals surface area contributed by atoms with Gasteiger partial charge in [0, 0.05) is 0 Å². The maximum atomic E-state index is 11.6. The third-order valence-corrected chi connectivity index (χ3v) is 1.29. The zero-order valence-electron chi connectivity index (χ0n) is 5.85. The number of ether oxygens (including phenoxy) is 1. The molecule has 1 fully saturated rings. The van der Waals surface area contributed by atoms with Gasteiger partial charge in [0.25, 0.3) is 0 Å². The summed E-state index contributed by atoms with van der Waals surface area (Å²) in [5.41, 5.74) is 0. The van der Waals surface area contributed by atoms with Crippen molar-refractivity contribution in [1.82, 2.24) is 10.2 Å². The number of nitrogens with one attached hydrogen (secondary N) is 1. The number of halogens is 3. The normalized spacial score (nSPS) is 27.8. The molecule has 1 aliphatic rings. The Balaban J connectivity index is 2.37. The van der Waals surface area contributed by atoms with Gasteiger partial charge < -0.3 is 0 Å². The summed E-state index contributed by atoms with van der Waals surface area (Å²) < 4.78 is 38.5. The SMILES string of the molecule is CN1CN[CH]C1OC(F)(F)F. The Labute approximate surface area is 62.1 Å². The molecule has 1 rings (SSSR count). The highest BCUT2D eigenvalue weighted by Crippen LogP contribution is 2.21. The van der Waals surface area contributed by atoms with Crippen molar-refractivity contribution in [3.8, 4) is 0 Å². The molecular weight excluding hydrogens is 161 g/mol. The number of hydrogen-bond donors (Lipinski definition) is 1. The summed E-state index contributed by atoms with van der Waals surface area (Å²) in [7, 11) is 1.53. The summed E-state index contributed by atoms with van der Waals surface area (Å²) in [4.78, 5) is 1.40. The van der Waals surface area contributed by atoms with Gasteiger partial charge in [0.15, 0.2) is 0 Å². The van der Waals surface area contributed by atoms with Crippen LogP contribution in [-0.4, -0.2) is 31.2 Å². The molecule has 3 nitrogen and oxygen atoms in total. The van der Waals surface area contributed by atoms with E-state index in [1.807, 2.05) is 0 Å². The predicted molar refractivity (Wildman–Crippen MR) is 31.0 cm³/mol. The Morgan fingerprint density at radius 2 is 2.27 bits per heavy atom. The smallest absolute Gasteiger partial charge is 0.296 e. The summed E-state index contributed by atoms with van der Waals surface area (Å²) in [6, 6.07) is 0. The van der Waals surface area contributed by atoms with E-state index in [0.717, 1.165) is 0 Å². The van der Waals surface area contributed by atoms with Crippen molar-refractivity contribution in [2.24, 2.45) is 0 Å². The lowest BCUT2D eigenvalue weighted by atomic mass is 10.6. The van der Waals surface area contributed by atoms with Crippen LogP contribution in [0.3, 0.4) is 0 Å². The van der Waals surface area contributed by atoms with Gasteiger partial charge in [0.05, 0.1) is 13.2 Å². The van der Waals surface area contributed by atoms with E-state index in [1.54, 1.807) is 0 Å². The molecule has 0 bridgehead atoms. The fourth-order valence-electron chi connectivity index (χ4n) is 0.776. The topological polar surface area (TPSA) is 24.5 Å². The lowest BCUT2D eigenvalue weighted by Gasteiger charge is -2.19. The van der Waals surface area contributed by atoms with E-state index in [4.69, 9.17) is 0 Å². The van der Waals surface area contributed by atoms with Crippen molar-refractivity contribution in [2.75, 3.05) is 13.7 Å². The van der Waals surface area contributed by atoms with Crippen molar-refractivity contribution in [3.05, 3.63) is 6.54 Å². The Kier molecular flexibility index (Phi) is 2.36. The minimum absolute atomic E-state index is 0.376. The monoisotopic (exact) mass is 169 g/mol. The molecule has 1 aliphatic heterocycles. The molecule has 6 heteroatoms. The standard InChI is InChI=1S/C5H8F3N2O/c1-10-3-9-2-4(10)11-5(6,7)8/h2,4,9H,3H2,1H3. The number of rotatable bonds is 1. The molecule has 1 N–H and O–H groups in total. The molecule has 1 saturated heterocycles. The van der Waals surface area contributed by atoms with Crippen LogP contribution in [0.5, 0.6) is 0 Å². The van der Waals surface area contributed by atoms with Crippen LogP contribution in [-0.2, 0) is 4.74 Å². The summed E-state index contributed by atoms with van der Waals surface area (Å²) in [6.45, 7) is 1.63. The van der Waals surface area contributed by atoms with Crippen molar-refractivity contribution < 1.29 is 17.9 Å². The molecule has 65 valence electrons. The Morgan fingerprint density at radius 1 is 1.64 bits per heavy atom. The van der Waals surface area contributed by atoms with Gasteiger partial charge >= 0.3 is 6.36 Å². The van der Waals surface area contributed by atoms with Crippen molar-refractivity contribution in [1.29, 1.82) is 0 Å². The maximum absolute atomic E-state index is 11.6. The average molecular weight is 169 g/mol. The predicted octanol–water partition coefficient (Wildman–Crippen LogP) is 0.503. The first-order chi connectivity index (χ1) is 4.99. The van der Waals surface area contributed by atoms with Gasteiger partial charge in [0.2, 0.25) is 0 Å². The number of hydrogen-bond acceptors (Lipinski definition) is 3. The molecule has 1 atom stereocenters. The zero-order valence-corrected chi connectivity index (χ0v) is 5.85. The Morgan fingerprint density at radius 3 is 2.64 bits per heavy atom. The minimum Gasteiger partial charge on any atom is -0.296 e. The number of alkyl halides is 3. The van der Waals surface area contributed by atoms with Crippen molar-refractivity contribution in [3.63, 3.8) is 0 Å². The van der Waals surface area contributed by atoms with Crippen LogP contribution in [0.1, 0.15) is 0 Å². The molecular formula is C5H8F3N2O. The third-order valence-electron chi connectivity index (χ3n) is 1.29. The van der Waals surface area contributed by atoms with Crippen LogP contribution in [0, 0.1) is 6.54 Å². The zero-order chi connectivity index (χ0) is 8.48. The van der Waals surface area contributed by atoms with E-state index in [-0.39, 0.29) is 0 Å². The van der Waals surface area contributed by atoms with Gasteiger partial charge in [-0.2, -0.15) is 0 Å². The summed E-state index contributed by atoms with van der Waals surface area (Å²) in [5.74, 6) is 0. The second-order valence-corrected chi connectivity index (χ2v) is 2.24. The van der Waals surface area contributed by atoms with Gasteiger partial charge in [-0.25, -0.2) is 0 Å². The van der Waals surface area contributed by atoms with Crippen LogP contribution in [0.2, 0.25) is 0 Å². The van der Waals surface area contributed by atoms with E-state index in [2.05, 4.69) is 10.1 Å². The first kappa shape index (κ1) is 8.76. The second-order valence-electron chi connectivity index (χ2n) is 2.24. The lowest BCUT2D eigenvalue weighted by Crippen LogP contribution is -2.33. The molecule has 0 aromatic carbocycles. The quantitative estimate of drug-likeness (QED) is 0.618. The second kappa shape index (κ2) is 2.96. The summed E-state index contributed by atoms with van der Waals surface area (Å²) >= 11 is 0. The highest BCUT2D eigenvalue weighted by molar-refractivity contribution is 4.80. The number of likely N-dealkylation sites (N-methyl/N-ethyl adjacent to an activating group) is 1. The Hall–Kier alpha value is -0.330. The largest absolute Gasteiger partial charge is 0.524 e. The van der Waals surface area contributed by atoms with Crippen molar-refractivity contribution in [2.45, 2.75) is 12.6 Å². The molecule has 0 amide bonds. The molecule has 1 unspecified atom stereocenters. The molecule has 0 aromatic rings.